The molecule has 1 amide bonds. The number of phenols is 1. The van der Waals surface area contributed by atoms with E-state index in [9.17, 15) is 9.90 Å². The smallest absolute Gasteiger partial charge is 0.259 e. The summed E-state index contributed by atoms with van der Waals surface area (Å²) in [7, 11) is 0. The van der Waals surface area contributed by atoms with Crippen LogP contribution in [0.2, 0.25) is 0 Å². The van der Waals surface area contributed by atoms with Crippen LogP contribution < -0.4 is 5.32 Å². The van der Waals surface area contributed by atoms with Gasteiger partial charge in [0.25, 0.3) is 5.91 Å². The Balaban J connectivity index is 2.28. The third kappa shape index (κ3) is 2.96. The lowest BCUT2D eigenvalue weighted by atomic mass is 10.1. The maximum Gasteiger partial charge on any atom is 0.259 e. The molecule has 1 aromatic carbocycles. The average Bonchev–Trinajstić information content (AvgIpc) is 2.48. The van der Waals surface area contributed by atoms with Crippen LogP contribution in [0.3, 0.4) is 0 Å². The van der Waals surface area contributed by atoms with Gasteiger partial charge in [-0.15, -0.1) is 0 Å². The summed E-state index contributed by atoms with van der Waals surface area (Å²) in [5.74, 6) is -0.314. The maximum absolute atomic E-state index is 12.3. The SMILES string of the molecule is CCc1ccc(O)c(C(=O)Nc2ccncc2CC)c1. The predicted octanol–water partition coefficient (Wildman–Crippen LogP) is 3.16. The van der Waals surface area contributed by atoms with Crippen molar-refractivity contribution in [3.8, 4) is 5.75 Å². The molecule has 2 rings (SSSR count). The molecular formula is C16H18N2O2. The second-order valence-electron chi connectivity index (χ2n) is 4.55. The minimum atomic E-state index is -0.307. The van der Waals surface area contributed by atoms with Crippen molar-refractivity contribution in [3.63, 3.8) is 0 Å². The molecule has 0 fully saturated rings. The minimum absolute atomic E-state index is 0.00759. The number of pyridine rings is 1. The highest BCUT2D eigenvalue weighted by Gasteiger charge is 2.13. The van der Waals surface area contributed by atoms with E-state index < -0.39 is 0 Å². The Hall–Kier alpha value is -2.36. The summed E-state index contributed by atoms with van der Waals surface area (Å²) in [6.07, 6.45) is 4.97. The number of nitrogens with zero attached hydrogens (tertiary/aromatic N) is 1. The maximum atomic E-state index is 12.3. The van der Waals surface area contributed by atoms with Crippen LogP contribution in [-0.2, 0) is 12.8 Å². The summed E-state index contributed by atoms with van der Waals surface area (Å²) in [6, 6.07) is 6.85. The average molecular weight is 270 g/mol. The number of carbonyl (C=O) groups is 1. The zero-order valence-electron chi connectivity index (χ0n) is 11.7. The second kappa shape index (κ2) is 6.19. The van der Waals surface area contributed by atoms with Crippen LogP contribution >= 0.6 is 0 Å². The highest BCUT2D eigenvalue weighted by atomic mass is 16.3. The van der Waals surface area contributed by atoms with Gasteiger partial charge in [0, 0.05) is 18.1 Å². The third-order valence-electron chi connectivity index (χ3n) is 3.25. The van der Waals surface area contributed by atoms with Gasteiger partial charge in [0.1, 0.15) is 5.75 Å². The van der Waals surface area contributed by atoms with Gasteiger partial charge in [-0.2, -0.15) is 0 Å². The zero-order chi connectivity index (χ0) is 14.5. The molecule has 0 aliphatic heterocycles. The first-order valence-electron chi connectivity index (χ1n) is 6.71. The van der Waals surface area contributed by atoms with E-state index in [4.69, 9.17) is 0 Å². The summed E-state index contributed by atoms with van der Waals surface area (Å²) in [4.78, 5) is 16.3. The van der Waals surface area contributed by atoms with E-state index in [0.717, 1.165) is 29.7 Å². The Kier molecular flexibility index (Phi) is 4.35. The summed E-state index contributed by atoms with van der Waals surface area (Å²) >= 11 is 0. The summed E-state index contributed by atoms with van der Waals surface area (Å²) in [5, 5.41) is 12.7. The van der Waals surface area contributed by atoms with Gasteiger partial charge in [-0.25, -0.2) is 0 Å². The number of benzene rings is 1. The number of hydrogen-bond acceptors (Lipinski definition) is 3. The first-order chi connectivity index (χ1) is 9.65. The van der Waals surface area contributed by atoms with Gasteiger partial charge in [0.05, 0.1) is 5.56 Å². The molecule has 0 saturated heterocycles. The van der Waals surface area contributed by atoms with Crippen molar-refractivity contribution < 1.29 is 9.90 Å². The van der Waals surface area contributed by atoms with Crippen molar-refractivity contribution in [2.75, 3.05) is 5.32 Å². The highest BCUT2D eigenvalue weighted by molar-refractivity contribution is 6.06. The molecule has 4 heteroatoms. The summed E-state index contributed by atoms with van der Waals surface area (Å²) < 4.78 is 0. The Labute approximate surface area is 118 Å². The van der Waals surface area contributed by atoms with Crippen molar-refractivity contribution in [3.05, 3.63) is 53.3 Å². The van der Waals surface area contributed by atoms with Crippen molar-refractivity contribution in [1.82, 2.24) is 4.98 Å². The van der Waals surface area contributed by atoms with E-state index in [1.165, 1.54) is 0 Å². The number of carbonyl (C=O) groups excluding carboxylic acids is 1. The number of nitrogens with one attached hydrogen (secondary N) is 1. The summed E-state index contributed by atoms with van der Waals surface area (Å²) in [5.41, 5.74) is 3.00. The van der Waals surface area contributed by atoms with Gasteiger partial charge < -0.3 is 10.4 Å². The number of aryl methyl sites for hydroxylation is 2. The molecule has 0 unspecified atom stereocenters. The molecular weight excluding hydrogens is 252 g/mol. The van der Waals surface area contributed by atoms with Crippen LogP contribution in [0.5, 0.6) is 5.75 Å². The van der Waals surface area contributed by atoms with E-state index in [1.54, 1.807) is 30.6 Å². The van der Waals surface area contributed by atoms with Crippen LogP contribution in [0.1, 0.15) is 35.3 Å². The Morgan fingerprint density at radius 1 is 1.25 bits per heavy atom. The van der Waals surface area contributed by atoms with E-state index in [2.05, 4.69) is 10.3 Å². The lowest BCUT2D eigenvalue weighted by Crippen LogP contribution is -2.14. The van der Waals surface area contributed by atoms with Crippen molar-refractivity contribution in [2.45, 2.75) is 26.7 Å². The zero-order valence-corrected chi connectivity index (χ0v) is 11.7. The number of phenolic OH excluding ortho intramolecular Hbond substituents is 1. The van der Waals surface area contributed by atoms with E-state index in [-0.39, 0.29) is 11.7 Å². The topological polar surface area (TPSA) is 62.2 Å². The van der Waals surface area contributed by atoms with Crippen molar-refractivity contribution in [1.29, 1.82) is 0 Å². The molecule has 104 valence electrons. The number of anilines is 1. The molecule has 0 spiro atoms. The third-order valence-corrected chi connectivity index (χ3v) is 3.25. The van der Waals surface area contributed by atoms with E-state index >= 15 is 0 Å². The molecule has 1 aromatic heterocycles. The standard InChI is InChI=1S/C16H18N2O2/c1-3-11-5-6-15(19)13(9-11)16(20)18-14-7-8-17-10-12(14)4-2/h5-10,19H,3-4H2,1-2H3,(H,17,18,20). The number of hydrogen-bond donors (Lipinski definition) is 2. The van der Waals surface area contributed by atoms with Gasteiger partial charge >= 0.3 is 0 Å². The Bertz CT molecular complexity index is 624. The number of aromatic hydroxyl groups is 1. The quantitative estimate of drug-likeness (QED) is 0.897. The molecule has 0 saturated carbocycles. The monoisotopic (exact) mass is 270 g/mol. The van der Waals surface area contributed by atoms with Crippen LogP contribution in [0.25, 0.3) is 0 Å². The van der Waals surface area contributed by atoms with Gasteiger partial charge in [0.2, 0.25) is 0 Å². The van der Waals surface area contributed by atoms with Crippen LogP contribution in [0, 0.1) is 0 Å². The van der Waals surface area contributed by atoms with E-state index in [1.807, 2.05) is 19.9 Å². The van der Waals surface area contributed by atoms with Crippen molar-refractivity contribution >= 4 is 11.6 Å². The molecule has 2 N–H and O–H groups in total. The fraction of sp³-hybridized carbons (Fsp3) is 0.250. The Morgan fingerprint density at radius 3 is 2.75 bits per heavy atom. The predicted molar refractivity (Wildman–Crippen MR) is 79.1 cm³/mol. The van der Waals surface area contributed by atoms with Gasteiger partial charge in [-0.05, 0) is 42.2 Å². The minimum Gasteiger partial charge on any atom is -0.507 e. The molecule has 0 atom stereocenters. The highest BCUT2D eigenvalue weighted by Crippen LogP contribution is 2.21. The largest absolute Gasteiger partial charge is 0.507 e. The van der Waals surface area contributed by atoms with Gasteiger partial charge in [-0.1, -0.05) is 19.9 Å². The van der Waals surface area contributed by atoms with Gasteiger partial charge in [0.15, 0.2) is 0 Å². The lowest BCUT2D eigenvalue weighted by molar-refractivity contribution is 0.102. The Morgan fingerprint density at radius 2 is 2.05 bits per heavy atom. The van der Waals surface area contributed by atoms with Gasteiger partial charge in [-0.3, -0.25) is 9.78 Å². The van der Waals surface area contributed by atoms with E-state index in [0.29, 0.717) is 5.56 Å². The molecule has 0 aliphatic carbocycles. The molecule has 1 heterocycles. The molecule has 20 heavy (non-hydrogen) atoms. The van der Waals surface area contributed by atoms with Crippen LogP contribution in [0.4, 0.5) is 5.69 Å². The molecule has 4 nitrogen and oxygen atoms in total. The lowest BCUT2D eigenvalue weighted by Gasteiger charge is -2.11. The normalized spacial score (nSPS) is 10.3. The molecule has 2 aromatic rings. The fourth-order valence-corrected chi connectivity index (χ4v) is 2.01. The number of amides is 1. The second-order valence-corrected chi connectivity index (χ2v) is 4.55. The number of rotatable bonds is 4. The first kappa shape index (κ1) is 14.1. The molecule has 0 radical (unpaired) electrons. The van der Waals surface area contributed by atoms with Crippen LogP contribution in [-0.4, -0.2) is 16.0 Å². The van der Waals surface area contributed by atoms with Crippen LogP contribution in [0.15, 0.2) is 36.7 Å². The molecule has 0 aliphatic rings. The summed E-state index contributed by atoms with van der Waals surface area (Å²) in [6.45, 7) is 4.01. The fourth-order valence-electron chi connectivity index (χ4n) is 2.01. The number of aromatic nitrogens is 1. The first-order valence-corrected chi connectivity index (χ1v) is 6.71. The van der Waals surface area contributed by atoms with Crippen molar-refractivity contribution in [2.24, 2.45) is 0 Å². The molecule has 0 bridgehead atoms.